The second-order valence-corrected chi connectivity index (χ2v) is 3.71. The second-order valence-electron chi connectivity index (χ2n) is 3.71. The van der Waals surface area contributed by atoms with Gasteiger partial charge in [-0.3, -0.25) is 10.1 Å². The largest absolute Gasteiger partial charge is 0.394 e. The Labute approximate surface area is 94.3 Å². The lowest BCUT2D eigenvalue weighted by molar-refractivity contribution is -0.384. The average Bonchev–Trinajstić information content (AvgIpc) is 2.27. The summed E-state index contributed by atoms with van der Waals surface area (Å²) in [6.45, 7) is 3.68. The van der Waals surface area contributed by atoms with Gasteiger partial charge in [-0.05, 0) is 25.0 Å². The van der Waals surface area contributed by atoms with Crippen LogP contribution >= 0.6 is 0 Å². The van der Waals surface area contributed by atoms with Crippen LogP contribution in [0.15, 0.2) is 18.2 Å². The molecule has 0 radical (unpaired) electrons. The molecule has 88 valence electrons. The van der Waals surface area contributed by atoms with Crippen LogP contribution < -0.4 is 5.32 Å². The van der Waals surface area contributed by atoms with Crippen LogP contribution in [-0.4, -0.2) is 22.7 Å². The van der Waals surface area contributed by atoms with Crippen LogP contribution in [0.25, 0.3) is 0 Å². The molecule has 1 unspecified atom stereocenters. The summed E-state index contributed by atoms with van der Waals surface area (Å²) in [7, 11) is 0. The lowest BCUT2D eigenvalue weighted by atomic mass is 10.1. The molecule has 1 atom stereocenters. The third-order valence-corrected chi connectivity index (χ3v) is 2.42. The molecule has 0 aliphatic heterocycles. The Hall–Kier alpha value is -1.62. The zero-order chi connectivity index (χ0) is 12.1. The van der Waals surface area contributed by atoms with Gasteiger partial charge in [0.25, 0.3) is 5.69 Å². The smallest absolute Gasteiger partial charge is 0.292 e. The predicted octanol–water partition coefficient (Wildman–Crippen LogP) is 2.09. The highest BCUT2D eigenvalue weighted by atomic mass is 16.6. The summed E-state index contributed by atoms with van der Waals surface area (Å²) in [6, 6.07) is 4.85. The first-order valence-electron chi connectivity index (χ1n) is 5.21. The summed E-state index contributed by atoms with van der Waals surface area (Å²) in [6.07, 6.45) is 0.710. The molecule has 0 aliphatic carbocycles. The monoisotopic (exact) mass is 224 g/mol. The van der Waals surface area contributed by atoms with Crippen molar-refractivity contribution < 1.29 is 10.0 Å². The van der Waals surface area contributed by atoms with Gasteiger partial charge in [0.15, 0.2) is 0 Å². The van der Waals surface area contributed by atoms with Crippen LogP contribution in [0.1, 0.15) is 18.9 Å². The number of hydrogen-bond donors (Lipinski definition) is 2. The summed E-state index contributed by atoms with van der Waals surface area (Å²) in [5.41, 5.74) is 1.35. The van der Waals surface area contributed by atoms with E-state index in [4.69, 9.17) is 5.11 Å². The van der Waals surface area contributed by atoms with E-state index in [0.717, 1.165) is 5.56 Å². The van der Waals surface area contributed by atoms with Gasteiger partial charge in [0.1, 0.15) is 5.69 Å². The Kier molecular flexibility index (Phi) is 4.25. The van der Waals surface area contributed by atoms with Gasteiger partial charge >= 0.3 is 0 Å². The first kappa shape index (κ1) is 12.4. The maximum Gasteiger partial charge on any atom is 0.292 e. The Balaban J connectivity index is 2.98. The van der Waals surface area contributed by atoms with Gasteiger partial charge in [0.2, 0.25) is 0 Å². The number of rotatable bonds is 5. The van der Waals surface area contributed by atoms with Crippen LogP contribution in [0.4, 0.5) is 11.4 Å². The molecule has 2 N–H and O–H groups in total. The van der Waals surface area contributed by atoms with E-state index in [1.54, 1.807) is 19.1 Å². The van der Waals surface area contributed by atoms with Gasteiger partial charge in [0.05, 0.1) is 11.5 Å². The van der Waals surface area contributed by atoms with Gasteiger partial charge in [0, 0.05) is 12.1 Å². The van der Waals surface area contributed by atoms with E-state index in [0.29, 0.717) is 12.1 Å². The van der Waals surface area contributed by atoms with Crippen LogP contribution in [0, 0.1) is 17.0 Å². The standard InChI is InChI=1S/C11H16N2O3/c1-3-9(7-14)12-10-5-4-8(2)6-11(10)13(15)16/h4-6,9,12,14H,3,7H2,1-2H3. The van der Waals surface area contributed by atoms with E-state index in [9.17, 15) is 10.1 Å². The normalized spacial score (nSPS) is 12.2. The third-order valence-electron chi connectivity index (χ3n) is 2.42. The van der Waals surface area contributed by atoms with Crippen molar-refractivity contribution in [1.82, 2.24) is 0 Å². The van der Waals surface area contributed by atoms with Crippen LogP contribution in [-0.2, 0) is 0 Å². The highest BCUT2D eigenvalue weighted by Crippen LogP contribution is 2.26. The molecule has 0 amide bonds. The molecule has 16 heavy (non-hydrogen) atoms. The summed E-state index contributed by atoms with van der Waals surface area (Å²) >= 11 is 0. The van der Waals surface area contributed by atoms with E-state index >= 15 is 0 Å². The number of hydrogen-bond acceptors (Lipinski definition) is 4. The van der Waals surface area contributed by atoms with Crippen molar-refractivity contribution in [1.29, 1.82) is 0 Å². The molecule has 1 aromatic rings. The van der Waals surface area contributed by atoms with E-state index in [2.05, 4.69) is 5.32 Å². The van der Waals surface area contributed by atoms with Gasteiger partial charge in [-0.1, -0.05) is 13.0 Å². The number of benzene rings is 1. The van der Waals surface area contributed by atoms with E-state index in [-0.39, 0.29) is 18.3 Å². The van der Waals surface area contributed by atoms with Gasteiger partial charge in [-0.25, -0.2) is 0 Å². The minimum atomic E-state index is -0.417. The quantitative estimate of drug-likeness (QED) is 0.593. The van der Waals surface area contributed by atoms with Crippen molar-refractivity contribution >= 4 is 11.4 Å². The van der Waals surface area contributed by atoms with Crippen molar-refractivity contribution in [3.8, 4) is 0 Å². The molecule has 0 aromatic heterocycles. The Morgan fingerprint density at radius 2 is 2.25 bits per heavy atom. The maximum absolute atomic E-state index is 10.8. The molecule has 0 aliphatic rings. The van der Waals surface area contributed by atoms with E-state index in [1.165, 1.54) is 6.07 Å². The molecule has 5 heteroatoms. The second kappa shape index (κ2) is 5.46. The van der Waals surface area contributed by atoms with Crippen molar-refractivity contribution in [2.45, 2.75) is 26.3 Å². The zero-order valence-electron chi connectivity index (χ0n) is 9.43. The number of aryl methyl sites for hydroxylation is 1. The fraction of sp³-hybridized carbons (Fsp3) is 0.455. The molecule has 0 spiro atoms. The first-order valence-corrected chi connectivity index (χ1v) is 5.21. The summed E-state index contributed by atoms with van der Waals surface area (Å²) in [4.78, 5) is 10.4. The van der Waals surface area contributed by atoms with Gasteiger partial charge < -0.3 is 10.4 Å². The van der Waals surface area contributed by atoms with Crippen LogP contribution in [0.5, 0.6) is 0 Å². The molecule has 1 rings (SSSR count). The number of anilines is 1. The highest BCUT2D eigenvalue weighted by molar-refractivity contribution is 5.62. The summed E-state index contributed by atoms with van der Waals surface area (Å²) in [5.74, 6) is 0. The fourth-order valence-electron chi connectivity index (χ4n) is 1.41. The number of nitro benzene ring substituents is 1. The molecule has 0 saturated heterocycles. The average molecular weight is 224 g/mol. The molecule has 0 fully saturated rings. The van der Waals surface area contributed by atoms with Crippen LogP contribution in [0.2, 0.25) is 0 Å². The summed E-state index contributed by atoms with van der Waals surface area (Å²) in [5, 5.41) is 22.8. The minimum Gasteiger partial charge on any atom is -0.394 e. The number of nitrogens with one attached hydrogen (secondary N) is 1. The fourth-order valence-corrected chi connectivity index (χ4v) is 1.41. The number of aliphatic hydroxyl groups is 1. The summed E-state index contributed by atoms with van der Waals surface area (Å²) < 4.78 is 0. The Morgan fingerprint density at radius 3 is 2.75 bits per heavy atom. The molecule has 0 saturated carbocycles. The van der Waals surface area contributed by atoms with Crippen molar-refractivity contribution in [2.24, 2.45) is 0 Å². The lowest BCUT2D eigenvalue weighted by Crippen LogP contribution is -2.23. The van der Waals surface area contributed by atoms with Gasteiger partial charge in [-0.15, -0.1) is 0 Å². The predicted molar refractivity (Wildman–Crippen MR) is 62.6 cm³/mol. The molecule has 0 heterocycles. The number of aliphatic hydroxyl groups excluding tert-OH is 1. The topological polar surface area (TPSA) is 75.4 Å². The van der Waals surface area contributed by atoms with Crippen molar-refractivity contribution in [3.05, 3.63) is 33.9 Å². The molecule has 0 bridgehead atoms. The van der Waals surface area contributed by atoms with Gasteiger partial charge in [-0.2, -0.15) is 0 Å². The number of nitro groups is 1. The SMILES string of the molecule is CCC(CO)Nc1ccc(C)cc1[N+](=O)[O-]. The van der Waals surface area contributed by atoms with Crippen molar-refractivity contribution in [3.63, 3.8) is 0 Å². The minimum absolute atomic E-state index is 0.0401. The first-order chi connectivity index (χ1) is 7.58. The number of nitrogens with zero attached hydrogens (tertiary/aromatic N) is 1. The Bertz CT molecular complexity index is 375. The maximum atomic E-state index is 10.8. The third kappa shape index (κ3) is 2.93. The molecule has 1 aromatic carbocycles. The lowest BCUT2D eigenvalue weighted by Gasteiger charge is -2.15. The Morgan fingerprint density at radius 1 is 1.56 bits per heavy atom. The van der Waals surface area contributed by atoms with Crippen molar-refractivity contribution in [2.75, 3.05) is 11.9 Å². The highest BCUT2D eigenvalue weighted by Gasteiger charge is 2.15. The molecule has 5 nitrogen and oxygen atoms in total. The zero-order valence-corrected chi connectivity index (χ0v) is 9.43. The van der Waals surface area contributed by atoms with E-state index in [1.807, 2.05) is 6.92 Å². The molecular weight excluding hydrogens is 208 g/mol. The molecular formula is C11H16N2O3. The van der Waals surface area contributed by atoms with Crippen LogP contribution in [0.3, 0.4) is 0 Å². The van der Waals surface area contributed by atoms with E-state index < -0.39 is 4.92 Å².